The number of aryl methyl sites for hydroxylation is 1. The van der Waals surface area contributed by atoms with E-state index in [1.54, 1.807) is 20.4 Å². The molecule has 2 N–H and O–H groups in total. The molecule has 0 bridgehead atoms. The summed E-state index contributed by atoms with van der Waals surface area (Å²) in [6.07, 6.45) is 7.01. The fourth-order valence-electron chi connectivity index (χ4n) is 3.09. The van der Waals surface area contributed by atoms with E-state index in [9.17, 15) is 0 Å². The van der Waals surface area contributed by atoms with Gasteiger partial charge in [0.1, 0.15) is 5.75 Å². The smallest absolute Gasteiger partial charge is 0.191 e. The Balaban J connectivity index is 1.38. The first-order valence-electron chi connectivity index (χ1n) is 9.95. The standard InChI is InChI=1S/C23H29N5O/c1-24-23(25-14-4-3-7-19-10-12-22(29-2)13-11-19)26-18-20-8-5-9-21(17-20)28-16-6-15-27-28/h5-6,8-13,15-17H,3-4,7,14,18H2,1-2H3,(H2,24,25,26). The number of hydrogen-bond donors (Lipinski definition) is 2. The third kappa shape index (κ3) is 6.38. The first-order chi connectivity index (χ1) is 14.3. The molecule has 0 spiro atoms. The average Bonchev–Trinajstić information content (AvgIpc) is 3.31. The van der Waals surface area contributed by atoms with E-state index in [0.717, 1.165) is 43.2 Å². The number of aromatic nitrogens is 2. The second kappa shape index (κ2) is 10.9. The van der Waals surface area contributed by atoms with Gasteiger partial charge in [-0.1, -0.05) is 24.3 Å². The molecule has 0 saturated carbocycles. The minimum Gasteiger partial charge on any atom is -0.497 e. The van der Waals surface area contributed by atoms with Crippen LogP contribution in [-0.2, 0) is 13.0 Å². The highest BCUT2D eigenvalue weighted by Crippen LogP contribution is 2.13. The van der Waals surface area contributed by atoms with E-state index in [-0.39, 0.29) is 0 Å². The van der Waals surface area contributed by atoms with E-state index in [2.05, 4.69) is 45.0 Å². The first kappa shape index (κ1) is 20.5. The van der Waals surface area contributed by atoms with Crippen LogP contribution >= 0.6 is 0 Å². The van der Waals surface area contributed by atoms with Crippen LogP contribution in [0.25, 0.3) is 5.69 Å². The molecule has 0 radical (unpaired) electrons. The number of benzene rings is 2. The largest absolute Gasteiger partial charge is 0.497 e. The second-order valence-corrected chi connectivity index (χ2v) is 6.78. The van der Waals surface area contributed by atoms with Crippen molar-refractivity contribution in [2.75, 3.05) is 20.7 Å². The van der Waals surface area contributed by atoms with E-state index < -0.39 is 0 Å². The SMILES string of the molecule is CN=C(NCCCCc1ccc(OC)cc1)NCc1cccc(-n2cccn2)c1. The van der Waals surface area contributed by atoms with Crippen molar-refractivity contribution in [1.29, 1.82) is 0 Å². The molecule has 0 saturated heterocycles. The highest BCUT2D eigenvalue weighted by Gasteiger charge is 2.01. The van der Waals surface area contributed by atoms with Crippen LogP contribution in [-0.4, -0.2) is 36.4 Å². The van der Waals surface area contributed by atoms with Crippen LogP contribution in [0.4, 0.5) is 0 Å². The molecule has 6 heteroatoms. The van der Waals surface area contributed by atoms with Crippen molar-refractivity contribution >= 4 is 5.96 Å². The van der Waals surface area contributed by atoms with Crippen molar-refractivity contribution in [2.24, 2.45) is 4.99 Å². The monoisotopic (exact) mass is 391 g/mol. The molecule has 6 nitrogen and oxygen atoms in total. The van der Waals surface area contributed by atoms with Crippen LogP contribution in [0.15, 0.2) is 72.0 Å². The minimum absolute atomic E-state index is 0.709. The summed E-state index contributed by atoms with van der Waals surface area (Å²) in [6.45, 7) is 1.60. The summed E-state index contributed by atoms with van der Waals surface area (Å²) in [5.41, 5.74) is 3.57. The van der Waals surface area contributed by atoms with Crippen LogP contribution < -0.4 is 15.4 Å². The van der Waals surface area contributed by atoms with E-state index >= 15 is 0 Å². The molecular formula is C23H29N5O. The Morgan fingerprint density at radius 3 is 2.62 bits per heavy atom. The fourth-order valence-corrected chi connectivity index (χ4v) is 3.09. The fraction of sp³-hybridized carbons (Fsp3) is 0.304. The lowest BCUT2D eigenvalue weighted by atomic mass is 10.1. The molecule has 0 amide bonds. The van der Waals surface area contributed by atoms with Crippen LogP contribution in [0, 0.1) is 0 Å². The van der Waals surface area contributed by atoms with E-state index in [1.165, 1.54) is 11.1 Å². The summed E-state index contributed by atoms with van der Waals surface area (Å²) in [5.74, 6) is 1.72. The van der Waals surface area contributed by atoms with Crippen LogP contribution in [0.3, 0.4) is 0 Å². The Morgan fingerprint density at radius 2 is 1.90 bits per heavy atom. The molecule has 0 atom stereocenters. The quantitative estimate of drug-likeness (QED) is 0.333. The Bertz CT molecular complexity index is 888. The molecule has 0 fully saturated rings. The van der Waals surface area contributed by atoms with Gasteiger partial charge in [0, 0.05) is 32.5 Å². The lowest BCUT2D eigenvalue weighted by Gasteiger charge is -2.12. The first-order valence-corrected chi connectivity index (χ1v) is 9.95. The van der Waals surface area contributed by atoms with Gasteiger partial charge >= 0.3 is 0 Å². The highest BCUT2D eigenvalue weighted by molar-refractivity contribution is 5.79. The Hall–Kier alpha value is -3.28. The maximum Gasteiger partial charge on any atom is 0.191 e. The number of ether oxygens (including phenoxy) is 1. The molecule has 152 valence electrons. The van der Waals surface area contributed by atoms with Crippen molar-refractivity contribution < 1.29 is 4.74 Å². The summed E-state index contributed by atoms with van der Waals surface area (Å²) in [6, 6.07) is 18.5. The van der Waals surface area contributed by atoms with Gasteiger partial charge in [0.25, 0.3) is 0 Å². The molecular weight excluding hydrogens is 362 g/mol. The van der Waals surface area contributed by atoms with Crippen LogP contribution in [0.5, 0.6) is 5.75 Å². The molecule has 0 aliphatic carbocycles. The Labute approximate surface area is 172 Å². The van der Waals surface area contributed by atoms with Crippen molar-refractivity contribution in [3.63, 3.8) is 0 Å². The molecule has 29 heavy (non-hydrogen) atoms. The highest BCUT2D eigenvalue weighted by atomic mass is 16.5. The summed E-state index contributed by atoms with van der Waals surface area (Å²) < 4.78 is 7.06. The zero-order valence-corrected chi connectivity index (χ0v) is 17.1. The Kier molecular flexibility index (Phi) is 7.69. The summed E-state index contributed by atoms with van der Waals surface area (Å²) >= 11 is 0. The third-order valence-electron chi connectivity index (χ3n) is 4.71. The maximum atomic E-state index is 5.20. The molecule has 0 unspecified atom stereocenters. The van der Waals surface area contributed by atoms with Crippen LogP contribution in [0.1, 0.15) is 24.0 Å². The molecule has 1 heterocycles. The molecule has 1 aromatic heterocycles. The van der Waals surface area contributed by atoms with Crippen molar-refractivity contribution in [3.05, 3.63) is 78.1 Å². The zero-order valence-electron chi connectivity index (χ0n) is 17.1. The number of nitrogens with zero attached hydrogens (tertiary/aromatic N) is 3. The van der Waals surface area contributed by atoms with Crippen molar-refractivity contribution in [3.8, 4) is 11.4 Å². The topological polar surface area (TPSA) is 63.5 Å². The number of methoxy groups -OCH3 is 1. The number of nitrogens with one attached hydrogen (secondary N) is 2. The molecule has 0 aliphatic heterocycles. The Morgan fingerprint density at radius 1 is 1.03 bits per heavy atom. The number of rotatable bonds is 9. The molecule has 3 rings (SSSR count). The zero-order chi connectivity index (χ0) is 20.3. The molecule has 2 aromatic carbocycles. The lowest BCUT2D eigenvalue weighted by molar-refractivity contribution is 0.414. The minimum atomic E-state index is 0.709. The average molecular weight is 392 g/mol. The third-order valence-corrected chi connectivity index (χ3v) is 4.71. The van der Waals surface area contributed by atoms with Gasteiger partial charge in [-0.2, -0.15) is 5.10 Å². The van der Waals surface area contributed by atoms with E-state index in [1.807, 2.05) is 41.2 Å². The van der Waals surface area contributed by atoms with Crippen molar-refractivity contribution in [1.82, 2.24) is 20.4 Å². The summed E-state index contributed by atoms with van der Waals surface area (Å²) in [4.78, 5) is 4.31. The van der Waals surface area contributed by atoms with Gasteiger partial charge in [-0.15, -0.1) is 0 Å². The van der Waals surface area contributed by atoms with Crippen LogP contribution in [0.2, 0.25) is 0 Å². The van der Waals surface area contributed by atoms with Gasteiger partial charge in [0.15, 0.2) is 5.96 Å². The summed E-state index contributed by atoms with van der Waals surface area (Å²) in [5, 5.41) is 11.0. The number of unbranched alkanes of at least 4 members (excludes halogenated alkanes) is 1. The lowest BCUT2D eigenvalue weighted by Crippen LogP contribution is -2.37. The van der Waals surface area contributed by atoms with E-state index in [4.69, 9.17) is 4.74 Å². The summed E-state index contributed by atoms with van der Waals surface area (Å²) in [7, 11) is 3.49. The van der Waals surface area contributed by atoms with Gasteiger partial charge in [0.05, 0.1) is 12.8 Å². The predicted octanol–water partition coefficient (Wildman–Crippen LogP) is 3.57. The van der Waals surface area contributed by atoms with Gasteiger partial charge in [-0.3, -0.25) is 4.99 Å². The van der Waals surface area contributed by atoms with Gasteiger partial charge in [-0.05, 0) is 60.7 Å². The second-order valence-electron chi connectivity index (χ2n) is 6.78. The maximum absolute atomic E-state index is 5.20. The van der Waals surface area contributed by atoms with Gasteiger partial charge in [-0.25, -0.2) is 4.68 Å². The van der Waals surface area contributed by atoms with Gasteiger partial charge < -0.3 is 15.4 Å². The number of aliphatic imine (C=N–C) groups is 1. The normalized spacial score (nSPS) is 11.3. The number of hydrogen-bond acceptors (Lipinski definition) is 3. The molecule has 3 aromatic rings. The van der Waals surface area contributed by atoms with E-state index in [0.29, 0.717) is 6.54 Å². The van der Waals surface area contributed by atoms with Gasteiger partial charge in [0.2, 0.25) is 0 Å². The molecule has 0 aliphatic rings. The van der Waals surface area contributed by atoms with Crippen molar-refractivity contribution in [2.45, 2.75) is 25.8 Å². The predicted molar refractivity (Wildman–Crippen MR) is 118 cm³/mol. The number of guanidine groups is 1.